The van der Waals surface area contributed by atoms with E-state index in [1.807, 2.05) is 0 Å². The molecule has 120 valence electrons. The van der Waals surface area contributed by atoms with E-state index >= 15 is 0 Å². The van der Waals surface area contributed by atoms with Crippen LogP contribution in [0.4, 0.5) is 0 Å². The van der Waals surface area contributed by atoms with Crippen LogP contribution >= 0.6 is 0 Å². The largest absolute Gasteiger partial charge is 0.395 e. The van der Waals surface area contributed by atoms with Gasteiger partial charge in [0.05, 0.1) is 33.0 Å². The predicted molar refractivity (Wildman–Crippen MR) is 74.7 cm³/mol. The van der Waals surface area contributed by atoms with E-state index < -0.39 is 0 Å². The van der Waals surface area contributed by atoms with Gasteiger partial charge in [-0.05, 0) is 0 Å². The Morgan fingerprint density at radius 1 is 0.750 bits per heavy atom. The van der Waals surface area contributed by atoms with Gasteiger partial charge in [0, 0.05) is 38.9 Å². The SMILES string of the molecule is OCCN/C(=C\N(CCO)CCO)N(CCO)CCO. The number of aliphatic hydroxyl groups excluding tert-OH is 5. The van der Waals surface area contributed by atoms with Crippen LogP contribution in [-0.4, -0.2) is 101 Å². The minimum absolute atomic E-state index is 0.0518. The summed E-state index contributed by atoms with van der Waals surface area (Å²) in [6, 6.07) is 0. The van der Waals surface area contributed by atoms with Crippen LogP contribution in [0, 0.1) is 0 Å². The second-order valence-corrected chi connectivity index (χ2v) is 4.08. The third-order valence-corrected chi connectivity index (χ3v) is 2.58. The molecular weight excluding hydrogens is 266 g/mol. The summed E-state index contributed by atoms with van der Waals surface area (Å²) in [6.45, 7) is 1.40. The summed E-state index contributed by atoms with van der Waals surface area (Å²) in [5.41, 5.74) is 0. The molecule has 0 aromatic carbocycles. The molecule has 0 aromatic rings. The molecule has 8 heteroatoms. The molecule has 0 saturated carbocycles. The molecule has 6 N–H and O–H groups in total. The Morgan fingerprint density at radius 2 is 1.25 bits per heavy atom. The number of rotatable bonds is 13. The molecule has 0 heterocycles. The summed E-state index contributed by atoms with van der Waals surface area (Å²) in [6.07, 6.45) is 1.70. The zero-order chi connectivity index (χ0) is 15.2. The first-order valence-corrected chi connectivity index (χ1v) is 6.72. The number of aliphatic hydroxyl groups is 5. The number of nitrogens with one attached hydrogen (secondary N) is 1. The quantitative estimate of drug-likeness (QED) is 0.212. The molecule has 0 saturated heterocycles. The van der Waals surface area contributed by atoms with Crippen LogP contribution in [0.5, 0.6) is 0 Å². The molecule has 0 aliphatic carbocycles. The molecule has 0 aromatic heterocycles. The van der Waals surface area contributed by atoms with E-state index in [9.17, 15) is 0 Å². The van der Waals surface area contributed by atoms with Crippen LogP contribution in [0.1, 0.15) is 0 Å². The fourth-order valence-electron chi connectivity index (χ4n) is 1.69. The van der Waals surface area contributed by atoms with Gasteiger partial charge >= 0.3 is 0 Å². The van der Waals surface area contributed by atoms with Crippen molar-refractivity contribution < 1.29 is 25.5 Å². The third kappa shape index (κ3) is 8.18. The summed E-state index contributed by atoms with van der Waals surface area (Å²) in [4.78, 5) is 3.46. The molecule has 0 rings (SSSR count). The highest BCUT2D eigenvalue weighted by molar-refractivity contribution is 4.99. The van der Waals surface area contributed by atoms with Crippen molar-refractivity contribution in [2.75, 3.05) is 65.8 Å². The maximum Gasteiger partial charge on any atom is 0.118 e. The van der Waals surface area contributed by atoms with Crippen LogP contribution in [0.15, 0.2) is 12.0 Å². The Morgan fingerprint density at radius 3 is 1.65 bits per heavy atom. The molecule has 0 bridgehead atoms. The lowest BCUT2D eigenvalue weighted by Crippen LogP contribution is -2.39. The van der Waals surface area contributed by atoms with Gasteiger partial charge in [0.15, 0.2) is 0 Å². The van der Waals surface area contributed by atoms with Crippen molar-refractivity contribution in [3.63, 3.8) is 0 Å². The van der Waals surface area contributed by atoms with Crippen LogP contribution < -0.4 is 5.32 Å². The molecule has 0 fully saturated rings. The first-order valence-electron chi connectivity index (χ1n) is 6.72. The van der Waals surface area contributed by atoms with E-state index in [-0.39, 0.29) is 33.0 Å². The van der Waals surface area contributed by atoms with Gasteiger partial charge in [0.2, 0.25) is 0 Å². The zero-order valence-electron chi connectivity index (χ0n) is 11.8. The van der Waals surface area contributed by atoms with E-state index in [1.165, 1.54) is 0 Å². The lowest BCUT2D eigenvalue weighted by molar-refractivity contribution is 0.168. The minimum Gasteiger partial charge on any atom is -0.395 e. The van der Waals surface area contributed by atoms with E-state index in [0.717, 1.165) is 0 Å². The molecule has 8 nitrogen and oxygen atoms in total. The maximum absolute atomic E-state index is 9.06. The average Bonchev–Trinajstić information content (AvgIpc) is 2.43. The lowest BCUT2D eigenvalue weighted by Gasteiger charge is -2.29. The van der Waals surface area contributed by atoms with Crippen molar-refractivity contribution in [2.45, 2.75) is 0 Å². The first-order chi connectivity index (χ1) is 9.73. The summed E-state index contributed by atoms with van der Waals surface area (Å²) in [5.74, 6) is 0.615. The Kier molecular flexibility index (Phi) is 12.3. The molecule has 0 amide bonds. The van der Waals surface area contributed by atoms with Crippen LogP contribution in [0.2, 0.25) is 0 Å². The first kappa shape index (κ1) is 18.9. The van der Waals surface area contributed by atoms with Gasteiger partial charge in [0.1, 0.15) is 5.82 Å². The summed E-state index contributed by atoms with van der Waals surface area (Å²) in [7, 11) is 0. The van der Waals surface area contributed by atoms with Gasteiger partial charge in [-0.15, -0.1) is 0 Å². The summed E-state index contributed by atoms with van der Waals surface area (Å²) >= 11 is 0. The number of nitrogens with zero attached hydrogens (tertiary/aromatic N) is 2. The van der Waals surface area contributed by atoms with Crippen molar-refractivity contribution in [2.24, 2.45) is 0 Å². The van der Waals surface area contributed by atoms with Crippen LogP contribution in [0.25, 0.3) is 0 Å². The second-order valence-electron chi connectivity index (χ2n) is 4.08. The second kappa shape index (κ2) is 12.9. The van der Waals surface area contributed by atoms with E-state index in [4.69, 9.17) is 25.5 Å². The Hall–Kier alpha value is -1.06. The van der Waals surface area contributed by atoms with Gasteiger partial charge in [-0.1, -0.05) is 0 Å². The fraction of sp³-hybridized carbons (Fsp3) is 0.833. The normalized spacial score (nSPS) is 11.6. The molecule has 0 atom stereocenters. The fourth-order valence-corrected chi connectivity index (χ4v) is 1.69. The Balaban J connectivity index is 4.92. The van der Waals surface area contributed by atoms with E-state index in [2.05, 4.69) is 5.32 Å². The third-order valence-electron chi connectivity index (χ3n) is 2.58. The molecule has 0 unspecified atom stereocenters. The van der Waals surface area contributed by atoms with Gasteiger partial charge in [-0.2, -0.15) is 0 Å². The zero-order valence-corrected chi connectivity index (χ0v) is 11.8. The van der Waals surface area contributed by atoms with Crippen molar-refractivity contribution in [1.82, 2.24) is 15.1 Å². The monoisotopic (exact) mass is 293 g/mol. The molecular formula is C12H27N3O5. The van der Waals surface area contributed by atoms with Crippen LogP contribution in [0.3, 0.4) is 0 Å². The van der Waals surface area contributed by atoms with Crippen molar-refractivity contribution in [3.8, 4) is 0 Å². The van der Waals surface area contributed by atoms with Gasteiger partial charge in [0.25, 0.3) is 0 Å². The van der Waals surface area contributed by atoms with Gasteiger partial charge in [-0.25, -0.2) is 0 Å². The number of hydrogen-bond donors (Lipinski definition) is 6. The molecule has 0 spiro atoms. The topological polar surface area (TPSA) is 120 Å². The van der Waals surface area contributed by atoms with Crippen LogP contribution in [-0.2, 0) is 0 Å². The highest BCUT2D eigenvalue weighted by atomic mass is 16.3. The molecule has 0 aliphatic rings. The molecule has 20 heavy (non-hydrogen) atoms. The summed E-state index contributed by atoms with van der Waals surface area (Å²) < 4.78 is 0. The van der Waals surface area contributed by atoms with Crippen molar-refractivity contribution in [3.05, 3.63) is 12.0 Å². The van der Waals surface area contributed by atoms with E-state index in [1.54, 1.807) is 16.0 Å². The lowest BCUT2D eigenvalue weighted by atomic mass is 10.4. The van der Waals surface area contributed by atoms with Crippen molar-refractivity contribution in [1.29, 1.82) is 0 Å². The average molecular weight is 293 g/mol. The Bertz CT molecular complexity index is 241. The minimum atomic E-state index is -0.0713. The predicted octanol–water partition coefficient (Wildman–Crippen LogP) is -3.06. The summed E-state index contributed by atoms with van der Waals surface area (Å²) in [5, 5.41) is 48.0. The van der Waals surface area contributed by atoms with Crippen molar-refractivity contribution >= 4 is 0 Å². The van der Waals surface area contributed by atoms with Gasteiger partial charge < -0.3 is 40.6 Å². The standard InChI is InChI=1S/C12H27N3O5/c16-6-1-13-12(15(4-9-19)5-10-20)11-14(2-7-17)3-8-18/h11,13,16-20H,1-10H2/b12-11+. The van der Waals surface area contributed by atoms with E-state index in [0.29, 0.717) is 38.5 Å². The highest BCUT2D eigenvalue weighted by Crippen LogP contribution is 2.03. The maximum atomic E-state index is 9.06. The molecule has 0 aliphatic heterocycles. The highest BCUT2D eigenvalue weighted by Gasteiger charge is 2.10. The Labute approximate surface area is 119 Å². The smallest absolute Gasteiger partial charge is 0.118 e. The molecule has 0 radical (unpaired) electrons. The number of hydrogen-bond acceptors (Lipinski definition) is 8. The van der Waals surface area contributed by atoms with Gasteiger partial charge in [-0.3, -0.25) is 0 Å².